The lowest BCUT2D eigenvalue weighted by Crippen LogP contribution is -2.36. The number of hydrogen-bond donors (Lipinski definition) is 2. The van der Waals surface area contributed by atoms with Gasteiger partial charge in [0.05, 0.1) is 23.6 Å². The lowest BCUT2D eigenvalue weighted by atomic mass is 9.83. The van der Waals surface area contributed by atoms with E-state index < -0.39 is 5.41 Å². The number of aliphatic hydroxyl groups is 1. The number of carbonyl (C=O) groups is 1. The molecule has 10 heteroatoms. The van der Waals surface area contributed by atoms with Crippen LogP contribution in [0.3, 0.4) is 0 Å². The Kier molecular flexibility index (Phi) is 5.92. The Morgan fingerprint density at radius 1 is 1.35 bits per heavy atom. The second-order valence-electron chi connectivity index (χ2n) is 9.84. The Balaban J connectivity index is 1.74. The monoisotopic (exact) mass is 456 g/mol. The number of aryl methyl sites for hydroxylation is 1. The molecule has 173 valence electrons. The third-order valence-electron chi connectivity index (χ3n) is 6.12. The minimum Gasteiger partial charge on any atom is -0.410 e. The Morgan fingerprint density at radius 2 is 2.12 bits per heavy atom. The molecular weight excluding hydrogens is 429 g/mol. The van der Waals surface area contributed by atoms with Gasteiger partial charge in [0.25, 0.3) is 0 Å². The van der Waals surface area contributed by atoms with E-state index in [0.717, 1.165) is 22.6 Å². The van der Waals surface area contributed by atoms with Gasteiger partial charge in [0, 0.05) is 47.9 Å². The Bertz CT molecular complexity index is 1290. The van der Waals surface area contributed by atoms with Crippen LogP contribution in [-0.2, 0) is 22.7 Å². The third-order valence-corrected chi connectivity index (χ3v) is 6.12. The predicted molar refractivity (Wildman–Crippen MR) is 132 cm³/mol. The number of fused-ring (bicyclic) bond motifs is 1. The summed E-state index contributed by atoms with van der Waals surface area (Å²) in [6, 6.07) is 9.67. The van der Waals surface area contributed by atoms with Gasteiger partial charge in [-0.3, -0.25) is 4.68 Å². The van der Waals surface area contributed by atoms with E-state index in [1.165, 1.54) is 7.41 Å². The number of aromatic nitrogens is 4. The van der Waals surface area contributed by atoms with Crippen molar-refractivity contribution in [3.05, 3.63) is 47.3 Å². The van der Waals surface area contributed by atoms with Crippen LogP contribution in [-0.4, -0.2) is 51.6 Å². The first-order valence-electron chi connectivity index (χ1n) is 11.0. The number of anilines is 3. The molecule has 1 aliphatic rings. The van der Waals surface area contributed by atoms with Crippen LogP contribution in [0, 0.1) is 11.3 Å². The topological polar surface area (TPSA) is 120 Å². The van der Waals surface area contributed by atoms with Crippen molar-refractivity contribution in [2.24, 2.45) is 7.05 Å². The maximum atomic E-state index is 11.2. The first kappa shape index (κ1) is 23.5. The molecule has 2 aromatic heterocycles. The Hall–Kier alpha value is -3.71. The van der Waals surface area contributed by atoms with Crippen molar-refractivity contribution in [2.45, 2.75) is 38.5 Å². The van der Waals surface area contributed by atoms with Crippen molar-refractivity contribution in [3.8, 4) is 17.3 Å². The summed E-state index contributed by atoms with van der Waals surface area (Å²) in [5, 5.41) is 27.8. The van der Waals surface area contributed by atoms with Crippen LogP contribution in [0.5, 0.6) is 0 Å². The van der Waals surface area contributed by atoms with E-state index in [9.17, 15) is 15.2 Å². The molecule has 1 radical (unpaired) electrons. The van der Waals surface area contributed by atoms with Gasteiger partial charge in [0.1, 0.15) is 18.1 Å². The molecule has 1 unspecified atom stereocenters. The van der Waals surface area contributed by atoms with Gasteiger partial charge in [-0.15, -0.1) is 0 Å². The van der Waals surface area contributed by atoms with Crippen molar-refractivity contribution in [3.63, 3.8) is 0 Å². The van der Waals surface area contributed by atoms with Gasteiger partial charge in [0.2, 0.25) is 5.95 Å². The molecule has 3 aromatic rings. The zero-order valence-corrected chi connectivity index (χ0v) is 20.0. The molecule has 9 nitrogen and oxygen atoms in total. The lowest BCUT2D eigenvalue weighted by Gasteiger charge is -2.23. The Morgan fingerprint density at radius 3 is 2.74 bits per heavy atom. The second kappa shape index (κ2) is 8.58. The molecule has 0 spiro atoms. The van der Waals surface area contributed by atoms with E-state index >= 15 is 0 Å². The quantitative estimate of drug-likeness (QED) is 0.429. The van der Waals surface area contributed by atoms with Gasteiger partial charge in [-0.1, -0.05) is 27.7 Å². The molecule has 0 bridgehead atoms. The number of benzene rings is 1. The average molecular weight is 456 g/mol. The SMILES string of the molecule is Cn1nc(C(C)(C)C)cc1Nc1nccc(-c2cc(C#N)c3c(c2)C(C)(CO)CN3[B]C=O)n1. The molecule has 4 rings (SSSR count). The van der Waals surface area contributed by atoms with Gasteiger partial charge < -0.3 is 20.0 Å². The molecule has 0 saturated heterocycles. The van der Waals surface area contributed by atoms with Crippen molar-refractivity contribution >= 4 is 31.1 Å². The summed E-state index contributed by atoms with van der Waals surface area (Å²) < 4.78 is 1.75. The first-order chi connectivity index (χ1) is 16.1. The number of nitrogens with zero attached hydrogens (tertiary/aromatic N) is 6. The molecule has 0 aliphatic carbocycles. The van der Waals surface area contributed by atoms with E-state index in [0.29, 0.717) is 35.6 Å². The highest BCUT2D eigenvalue weighted by Crippen LogP contribution is 2.44. The van der Waals surface area contributed by atoms with Crippen LogP contribution < -0.4 is 10.1 Å². The largest absolute Gasteiger partial charge is 0.410 e. The number of nitriles is 1. The smallest absolute Gasteiger partial charge is 0.329 e. The van der Waals surface area contributed by atoms with E-state index in [1.54, 1.807) is 27.8 Å². The van der Waals surface area contributed by atoms with Crippen LogP contribution in [0.1, 0.15) is 44.5 Å². The van der Waals surface area contributed by atoms with E-state index in [-0.39, 0.29) is 12.0 Å². The molecule has 3 heterocycles. The van der Waals surface area contributed by atoms with Crippen LogP contribution in [0.2, 0.25) is 0 Å². The standard InChI is InChI=1S/C24H27BN7O2/c1-23(2,3)19-10-20(31(5)30-19)29-22-27-7-6-18(28-22)15-8-16(11-26)21-17(9-15)24(4,13-33)12-32(21)25-14-34/h6-10,14,33H,12-13H2,1-5H3,(H,27,28,29). The lowest BCUT2D eigenvalue weighted by molar-refractivity contribution is 0.217. The second-order valence-corrected chi connectivity index (χ2v) is 9.84. The Labute approximate surface area is 199 Å². The predicted octanol–water partition coefficient (Wildman–Crippen LogP) is 2.67. The molecule has 1 atom stereocenters. The third kappa shape index (κ3) is 4.15. The molecule has 0 saturated carbocycles. The molecule has 1 aromatic carbocycles. The maximum Gasteiger partial charge on any atom is 0.329 e. The minimum atomic E-state index is -0.622. The molecule has 0 fully saturated rings. The number of aliphatic hydroxyl groups excluding tert-OH is 1. The number of carbonyl (C=O) groups excluding carboxylic acids is 1. The summed E-state index contributed by atoms with van der Waals surface area (Å²) in [7, 11) is 3.26. The normalized spacial score (nSPS) is 17.3. The highest BCUT2D eigenvalue weighted by molar-refractivity contribution is 6.70. The number of hydrogen-bond acceptors (Lipinski definition) is 8. The van der Waals surface area contributed by atoms with Crippen molar-refractivity contribution < 1.29 is 9.90 Å². The van der Waals surface area contributed by atoms with Gasteiger partial charge in [-0.25, -0.2) is 9.97 Å². The summed E-state index contributed by atoms with van der Waals surface area (Å²) in [5.41, 5.74) is 3.46. The van der Waals surface area contributed by atoms with Crippen LogP contribution in [0.4, 0.5) is 17.5 Å². The van der Waals surface area contributed by atoms with Crippen LogP contribution in [0.25, 0.3) is 11.3 Å². The summed E-state index contributed by atoms with van der Waals surface area (Å²) in [4.78, 5) is 21.9. The van der Waals surface area contributed by atoms with Crippen LogP contribution in [0.15, 0.2) is 30.5 Å². The fourth-order valence-corrected chi connectivity index (χ4v) is 4.16. The number of rotatable bonds is 6. The summed E-state index contributed by atoms with van der Waals surface area (Å²) in [5.74, 6) is 1.17. The highest BCUT2D eigenvalue weighted by atomic mass is 16.3. The summed E-state index contributed by atoms with van der Waals surface area (Å²) in [6.45, 7) is 8.51. The zero-order valence-electron chi connectivity index (χ0n) is 20.0. The first-order valence-corrected chi connectivity index (χ1v) is 11.0. The maximum absolute atomic E-state index is 11.2. The molecule has 0 amide bonds. The van der Waals surface area contributed by atoms with Gasteiger partial charge in [-0.05, 0) is 23.8 Å². The van der Waals surface area contributed by atoms with Gasteiger partial charge in [0.15, 0.2) is 0 Å². The van der Waals surface area contributed by atoms with E-state index in [4.69, 9.17) is 0 Å². The summed E-state index contributed by atoms with van der Waals surface area (Å²) in [6.07, 6.45) is 2.34. The van der Waals surface area contributed by atoms with Crippen molar-refractivity contribution in [1.29, 1.82) is 5.26 Å². The van der Waals surface area contributed by atoms with Crippen LogP contribution >= 0.6 is 0 Å². The molecule has 1 aliphatic heterocycles. The van der Waals surface area contributed by atoms with Gasteiger partial charge >= 0.3 is 7.41 Å². The van der Waals surface area contributed by atoms with Gasteiger partial charge in [-0.2, -0.15) is 10.4 Å². The number of nitrogens with one attached hydrogen (secondary N) is 1. The molecule has 2 N–H and O–H groups in total. The van der Waals surface area contributed by atoms with Crippen molar-refractivity contribution in [2.75, 3.05) is 23.3 Å². The molecule has 34 heavy (non-hydrogen) atoms. The van der Waals surface area contributed by atoms with E-state index in [2.05, 4.69) is 47.2 Å². The minimum absolute atomic E-state index is 0.0903. The van der Waals surface area contributed by atoms with E-state index in [1.807, 2.05) is 26.1 Å². The summed E-state index contributed by atoms with van der Waals surface area (Å²) >= 11 is 0. The zero-order chi connectivity index (χ0) is 24.7. The fraction of sp³-hybridized carbons (Fsp3) is 0.375. The van der Waals surface area contributed by atoms with Crippen molar-refractivity contribution in [1.82, 2.24) is 19.7 Å². The highest BCUT2D eigenvalue weighted by Gasteiger charge is 2.40. The average Bonchev–Trinajstić information content (AvgIpc) is 3.31. The molecular formula is C24H27BN7O2. The fourth-order valence-electron chi connectivity index (χ4n) is 4.16.